The van der Waals surface area contributed by atoms with Gasteiger partial charge in [-0.05, 0) is 12.0 Å². The number of rotatable bonds is 6. The predicted molar refractivity (Wildman–Crippen MR) is 69.4 cm³/mol. The van der Waals surface area contributed by atoms with Crippen LogP contribution in [0.5, 0.6) is 0 Å². The number of carbonyl (C=O) groups excluding carboxylic acids is 1. The van der Waals surface area contributed by atoms with Crippen LogP contribution in [0.15, 0.2) is 24.3 Å². The molecular formula is C14H23N2O+. The molecule has 1 atom stereocenters. The Labute approximate surface area is 103 Å². The van der Waals surface area contributed by atoms with Crippen LogP contribution < -0.4 is 11.1 Å². The zero-order chi connectivity index (χ0) is 12.8. The average Bonchev–Trinajstić information content (AvgIpc) is 2.29. The first-order valence-corrected chi connectivity index (χ1v) is 6.25. The molecule has 0 saturated carbocycles. The fourth-order valence-electron chi connectivity index (χ4n) is 2.01. The minimum absolute atomic E-state index is 0.263. The summed E-state index contributed by atoms with van der Waals surface area (Å²) in [5.74, 6) is 0.211. The molecule has 0 spiro atoms. The maximum Gasteiger partial charge on any atom is 0.272 e. The molecule has 1 aromatic rings. The number of quaternary nitrogens is 1. The van der Waals surface area contributed by atoms with E-state index in [2.05, 4.69) is 45.0 Å². The first-order valence-electron chi connectivity index (χ1n) is 6.25. The van der Waals surface area contributed by atoms with E-state index in [1.165, 1.54) is 11.1 Å². The Morgan fingerprint density at radius 2 is 1.88 bits per heavy atom. The SMILES string of the molecule is CCc1ccc([C@H]([NH2+]CC(N)=O)C(C)C)cc1. The summed E-state index contributed by atoms with van der Waals surface area (Å²) in [5, 5.41) is 2.02. The molecular weight excluding hydrogens is 212 g/mol. The number of aryl methyl sites for hydroxylation is 1. The van der Waals surface area contributed by atoms with Crippen LogP contribution in [0.25, 0.3) is 0 Å². The summed E-state index contributed by atoms with van der Waals surface area (Å²) in [7, 11) is 0. The van der Waals surface area contributed by atoms with Crippen LogP contribution in [0.4, 0.5) is 0 Å². The molecule has 0 saturated heterocycles. The molecule has 0 aliphatic heterocycles. The summed E-state index contributed by atoms with van der Waals surface area (Å²) in [6.45, 7) is 6.82. The van der Waals surface area contributed by atoms with Gasteiger partial charge in [-0.3, -0.25) is 4.79 Å². The Morgan fingerprint density at radius 1 is 1.29 bits per heavy atom. The molecule has 0 aromatic heterocycles. The second-order valence-electron chi connectivity index (χ2n) is 4.77. The maximum absolute atomic E-state index is 10.8. The molecule has 0 heterocycles. The third-order valence-corrected chi connectivity index (χ3v) is 3.06. The Hall–Kier alpha value is -1.35. The molecule has 0 bridgehead atoms. The summed E-state index contributed by atoms with van der Waals surface area (Å²) in [5.41, 5.74) is 7.80. The molecule has 1 amide bonds. The van der Waals surface area contributed by atoms with Gasteiger partial charge < -0.3 is 11.1 Å². The molecule has 17 heavy (non-hydrogen) atoms. The number of nitrogens with two attached hydrogens (primary N) is 2. The third kappa shape index (κ3) is 4.19. The van der Waals surface area contributed by atoms with Gasteiger partial charge in [0.15, 0.2) is 6.54 Å². The number of hydrogen-bond acceptors (Lipinski definition) is 1. The van der Waals surface area contributed by atoms with Gasteiger partial charge in [0, 0.05) is 11.5 Å². The standard InChI is InChI=1S/C14H22N2O/c1-4-11-5-7-12(8-6-11)14(10(2)3)16-9-13(15)17/h5-8,10,14,16H,4,9H2,1-3H3,(H2,15,17)/p+1/t14-/m1/s1. The van der Waals surface area contributed by atoms with Crippen molar-refractivity contribution in [3.8, 4) is 0 Å². The highest BCUT2D eigenvalue weighted by atomic mass is 16.1. The fraction of sp³-hybridized carbons (Fsp3) is 0.500. The molecule has 0 aliphatic rings. The van der Waals surface area contributed by atoms with Crippen molar-refractivity contribution in [3.63, 3.8) is 0 Å². The lowest BCUT2D eigenvalue weighted by atomic mass is 9.95. The smallest absolute Gasteiger partial charge is 0.272 e. The van der Waals surface area contributed by atoms with Crippen LogP contribution in [0.3, 0.4) is 0 Å². The summed E-state index contributed by atoms with van der Waals surface area (Å²) >= 11 is 0. The van der Waals surface area contributed by atoms with E-state index in [0.717, 1.165) is 6.42 Å². The summed E-state index contributed by atoms with van der Waals surface area (Å²) in [6, 6.07) is 8.92. The van der Waals surface area contributed by atoms with Crippen molar-refractivity contribution in [1.29, 1.82) is 0 Å². The van der Waals surface area contributed by atoms with Gasteiger partial charge in [-0.15, -0.1) is 0 Å². The van der Waals surface area contributed by atoms with Gasteiger partial charge in [-0.2, -0.15) is 0 Å². The summed E-state index contributed by atoms with van der Waals surface area (Å²) in [4.78, 5) is 10.8. The zero-order valence-corrected chi connectivity index (χ0v) is 10.9. The summed E-state index contributed by atoms with van der Waals surface area (Å²) < 4.78 is 0. The lowest BCUT2D eigenvalue weighted by Gasteiger charge is -2.19. The monoisotopic (exact) mass is 235 g/mol. The largest absolute Gasteiger partial charge is 0.365 e. The maximum atomic E-state index is 10.8. The molecule has 3 nitrogen and oxygen atoms in total. The number of amides is 1. The second kappa shape index (κ2) is 6.40. The van der Waals surface area contributed by atoms with Gasteiger partial charge in [0.25, 0.3) is 5.91 Å². The number of hydrogen-bond donors (Lipinski definition) is 2. The van der Waals surface area contributed by atoms with Crippen molar-refractivity contribution >= 4 is 5.91 Å². The van der Waals surface area contributed by atoms with Gasteiger partial charge >= 0.3 is 0 Å². The molecule has 1 rings (SSSR count). The fourth-order valence-corrected chi connectivity index (χ4v) is 2.01. The number of carbonyl (C=O) groups is 1. The first-order chi connectivity index (χ1) is 8.04. The number of primary amides is 1. The van der Waals surface area contributed by atoms with E-state index in [0.29, 0.717) is 18.5 Å². The van der Waals surface area contributed by atoms with Gasteiger partial charge in [0.2, 0.25) is 0 Å². The van der Waals surface area contributed by atoms with Crippen molar-refractivity contribution in [2.45, 2.75) is 33.2 Å². The quantitative estimate of drug-likeness (QED) is 0.759. The van der Waals surface area contributed by atoms with Crippen LogP contribution in [0, 0.1) is 5.92 Å². The van der Waals surface area contributed by atoms with Crippen molar-refractivity contribution < 1.29 is 10.1 Å². The zero-order valence-electron chi connectivity index (χ0n) is 10.9. The van der Waals surface area contributed by atoms with Crippen LogP contribution in [-0.4, -0.2) is 12.5 Å². The van der Waals surface area contributed by atoms with Gasteiger partial charge in [-0.25, -0.2) is 0 Å². The highest BCUT2D eigenvalue weighted by molar-refractivity contribution is 5.74. The third-order valence-electron chi connectivity index (χ3n) is 3.06. The van der Waals surface area contributed by atoms with Crippen LogP contribution in [-0.2, 0) is 11.2 Å². The van der Waals surface area contributed by atoms with E-state index in [-0.39, 0.29) is 5.91 Å². The molecule has 0 unspecified atom stereocenters. The lowest BCUT2D eigenvalue weighted by Crippen LogP contribution is -2.88. The molecule has 94 valence electrons. The topological polar surface area (TPSA) is 59.7 Å². The Morgan fingerprint density at radius 3 is 2.29 bits per heavy atom. The van der Waals surface area contributed by atoms with Crippen molar-refractivity contribution in [2.24, 2.45) is 11.7 Å². The molecule has 0 aliphatic carbocycles. The highest BCUT2D eigenvalue weighted by Gasteiger charge is 2.19. The Balaban J connectivity index is 2.78. The van der Waals surface area contributed by atoms with E-state index in [1.54, 1.807) is 0 Å². The predicted octanol–water partition coefficient (Wildman–Crippen LogP) is 0.995. The van der Waals surface area contributed by atoms with E-state index < -0.39 is 0 Å². The van der Waals surface area contributed by atoms with Gasteiger partial charge in [0.05, 0.1) is 0 Å². The molecule has 3 heteroatoms. The highest BCUT2D eigenvalue weighted by Crippen LogP contribution is 2.18. The molecule has 0 fully saturated rings. The second-order valence-corrected chi connectivity index (χ2v) is 4.77. The van der Waals surface area contributed by atoms with E-state index in [1.807, 2.05) is 5.32 Å². The molecule has 4 N–H and O–H groups in total. The summed E-state index contributed by atoms with van der Waals surface area (Å²) in [6.07, 6.45) is 1.05. The van der Waals surface area contributed by atoms with Crippen LogP contribution in [0.1, 0.15) is 37.9 Å². The Bertz CT molecular complexity index is 357. The molecule has 1 aromatic carbocycles. The first kappa shape index (κ1) is 13.7. The number of benzene rings is 1. The van der Waals surface area contributed by atoms with Crippen molar-refractivity contribution in [2.75, 3.05) is 6.54 Å². The van der Waals surface area contributed by atoms with Gasteiger partial charge in [0.1, 0.15) is 6.04 Å². The average molecular weight is 235 g/mol. The van der Waals surface area contributed by atoms with Crippen LogP contribution in [0.2, 0.25) is 0 Å². The van der Waals surface area contributed by atoms with Crippen molar-refractivity contribution in [1.82, 2.24) is 0 Å². The minimum Gasteiger partial charge on any atom is -0.365 e. The lowest BCUT2D eigenvalue weighted by molar-refractivity contribution is -0.692. The minimum atomic E-state index is -0.263. The van der Waals surface area contributed by atoms with E-state index in [4.69, 9.17) is 5.73 Å². The van der Waals surface area contributed by atoms with Crippen molar-refractivity contribution in [3.05, 3.63) is 35.4 Å². The van der Waals surface area contributed by atoms with Crippen LogP contribution >= 0.6 is 0 Å². The Kier molecular flexibility index (Phi) is 5.16. The molecule has 0 radical (unpaired) electrons. The van der Waals surface area contributed by atoms with Gasteiger partial charge in [-0.1, -0.05) is 45.0 Å². The van der Waals surface area contributed by atoms with E-state index in [9.17, 15) is 4.79 Å². The normalized spacial score (nSPS) is 12.7. The van der Waals surface area contributed by atoms with E-state index >= 15 is 0 Å².